The van der Waals surface area contributed by atoms with Crippen molar-refractivity contribution in [2.75, 3.05) is 14.2 Å². The smallest absolute Gasteiger partial charge is 0.127 e. The minimum Gasteiger partial charge on any atom is -0.497 e. The molecular weight excluding hydrogens is 214 g/mol. The molecule has 0 amide bonds. The van der Waals surface area contributed by atoms with Crippen molar-refractivity contribution in [3.05, 3.63) is 23.8 Å². The van der Waals surface area contributed by atoms with Gasteiger partial charge in [-0.25, -0.2) is 0 Å². The Bertz CT molecular complexity index is 378. The third-order valence-electron chi connectivity index (χ3n) is 3.43. The number of hydrogen-bond acceptors (Lipinski definition) is 3. The van der Waals surface area contributed by atoms with Crippen LogP contribution in [0.1, 0.15) is 37.8 Å². The Morgan fingerprint density at radius 1 is 1.18 bits per heavy atom. The predicted octanol–water partition coefficient (Wildman–Crippen LogP) is 2.91. The lowest BCUT2D eigenvalue weighted by molar-refractivity contribution is 0.326. The molecule has 2 rings (SSSR count). The highest BCUT2D eigenvalue weighted by molar-refractivity contribution is 5.42. The molecule has 1 fully saturated rings. The van der Waals surface area contributed by atoms with Crippen molar-refractivity contribution in [1.29, 1.82) is 0 Å². The molecule has 1 aromatic rings. The van der Waals surface area contributed by atoms with E-state index in [0.717, 1.165) is 11.5 Å². The lowest BCUT2D eigenvalue weighted by Crippen LogP contribution is -2.34. The predicted molar refractivity (Wildman–Crippen MR) is 68.7 cm³/mol. The summed E-state index contributed by atoms with van der Waals surface area (Å²) in [6.45, 7) is 2.24. The molecule has 1 N–H and O–H groups in total. The van der Waals surface area contributed by atoms with Crippen LogP contribution in [0.5, 0.6) is 11.5 Å². The monoisotopic (exact) mass is 235 g/mol. The molecule has 0 aliphatic carbocycles. The normalized spacial score (nSPS) is 24.4. The number of nitrogens with one attached hydrogen (secondary N) is 1. The van der Waals surface area contributed by atoms with Gasteiger partial charge in [-0.15, -0.1) is 0 Å². The Morgan fingerprint density at radius 2 is 2.00 bits per heavy atom. The van der Waals surface area contributed by atoms with Gasteiger partial charge in [-0.2, -0.15) is 0 Å². The summed E-state index contributed by atoms with van der Waals surface area (Å²) in [6, 6.07) is 7.04. The van der Waals surface area contributed by atoms with Gasteiger partial charge in [0.25, 0.3) is 0 Å². The van der Waals surface area contributed by atoms with Gasteiger partial charge in [-0.3, -0.25) is 0 Å². The highest BCUT2D eigenvalue weighted by Gasteiger charge is 2.22. The molecule has 0 saturated carbocycles. The van der Waals surface area contributed by atoms with Crippen LogP contribution in [0.15, 0.2) is 18.2 Å². The number of hydrogen-bond donors (Lipinski definition) is 1. The fourth-order valence-corrected chi connectivity index (χ4v) is 2.49. The first-order valence-electron chi connectivity index (χ1n) is 6.22. The summed E-state index contributed by atoms with van der Waals surface area (Å²) in [4.78, 5) is 0. The van der Waals surface area contributed by atoms with Crippen LogP contribution in [0.4, 0.5) is 0 Å². The van der Waals surface area contributed by atoms with Gasteiger partial charge in [0.15, 0.2) is 0 Å². The molecule has 17 heavy (non-hydrogen) atoms. The zero-order valence-corrected chi connectivity index (χ0v) is 10.8. The molecule has 0 aromatic heterocycles. The van der Waals surface area contributed by atoms with Crippen LogP contribution >= 0.6 is 0 Å². The van der Waals surface area contributed by atoms with E-state index in [2.05, 4.69) is 18.3 Å². The summed E-state index contributed by atoms with van der Waals surface area (Å²) in [5.74, 6) is 1.76. The minimum atomic E-state index is 0.402. The Labute approximate surface area is 103 Å². The van der Waals surface area contributed by atoms with Gasteiger partial charge in [-0.05, 0) is 25.8 Å². The molecule has 1 aromatic carbocycles. The largest absolute Gasteiger partial charge is 0.497 e. The molecule has 2 unspecified atom stereocenters. The third-order valence-corrected chi connectivity index (χ3v) is 3.43. The molecule has 94 valence electrons. The van der Waals surface area contributed by atoms with E-state index in [4.69, 9.17) is 9.47 Å². The van der Waals surface area contributed by atoms with Crippen LogP contribution in [0.2, 0.25) is 0 Å². The number of piperidine rings is 1. The Kier molecular flexibility index (Phi) is 3.89. The molecule has 0 radical (unpaired) electrons. The quantitative estimate of drug-likeness (QED) is 0.873. The number of methoxy groups -OCH3 is 2. The second-order valence-electron chi connectivity index (χ2n) is 4.66. The van der Waals surface area contributed by atoms with Crippen molar-refractivity contribution in [2.24, 2.45) is 0 Å². The number of ether oxygens (including phenoxy) is 2. The van der Waals surface area contributed by atoms with E-state index in [9.17, 15) is 0 Å². The fourth-order valence-electron chi connectivity index (χ4n) is 2.49. The van der Waals surface area contributed by atoms with Gasteiger partial charge < -0.3 is 14.8 Å². The van der Waals surface area contributed by atoms with Crippen molar-refractivity contribution < 1.29 is 9.47 Å². The van der Waals surface area contributed by atoms with Gasteiger partial charge in [0.2, 0.25) is 0 Å². The molecular formula is C14H21NO2. The van der Waals surface area contributed by atoms with Crippen molar-refractivity contribution in [3.63, 3.8) is 0 Å². The highest BCUT2D eigenvalue weighted by Crippen LogP contribution is 2.34. The second kappa shape index (κ2) is 5.41. The summed E-state index contributed by atoms with van der Waals surface area (Å²) in [6.07, 6.45) is 3.70. The lowest BCUT2D eigenvalue weighted by Gasteiger charge is -2.30. The van der Waals surface area contributed by atoms with Crippen molar-refractivity contribution in [3.8, 4) is 11.5 Å². The van der Waals surface area contributed by atoms with Crippen molar-refractivity contribution in [2.45, 2.75) is 38.3 Å². The maximum absolute atomic E-state index is 5.46. The summed E-state index contributed by atoms with van der Waals surface area (Å²) < 4.78 is 10.7. The van der Waals surface area contributed by atoms with Gasteiger partial charge in [0.05, 0.1) is 14.2 Å². The summed E-state index contributed by atoms with van der Waals surface area (Å²) in [5, 5.41) is 3.62. The summed E-state index contributed by atoms with van der Waals surface area (Å²) in [7, 11) is 3.39. The Balaban J connectivity index is 2.24. The first kappa shape index (κ1) is 12.2. The standard InChI is InChI=1S/C14H21NO2/c1-10-5-4-6-13(15-10)12-8-7-11(16-2)9-14(12)17-3/h7-10,13,15H,4-6H2,1-3H3. The maximum atomic E-state index is 5.46. The van der Waals surface area contributed by atoms with Crippen LogP contribution in [0.3, 0.4) is 0 Å². The molecule has 0 spiro atoms. The average Bonchev–Trinajstić information content (AvgIpc) is 2.38. The molecule has 3 heteroatoms. The SMILES string of the molecule is COc1ccc(C2CCCC(C)N2)c(OC)c1. The fraction of sp³-hybridized carbons (Fsp3) is 0.571. The summed E-state index contributed by atoms with van der Waals surface area (Å²) in [5.41, 5.74) is 1.24. The molecule has 2 atom stereocenters. The maximum Gasteiger partial charge on any atom is 0.127 e. The zero-order valence-electron chi connectivity index (χ0n) is 10.8. The minimum absolute atomic E-state index is 0.402. The molecule has 1 saturated heterocycles. The first-order chi connectivity index (χ1) is 8.24. The molecule has 1 aliphatic heterocycles. The van der Waals surface area contributed by atoms with Crippen LogP contribution in [0.25, 0.3) is 0 Å². The lowest BCUT2D eigenvalue weighted by atomic mass is 9.93. The van der Waals surface area contributed by atoms with E-state index in [1.165, 1.54) is 24.8 Å². The van der Waals surface area contributed by atoms with E-state index in [-0.39, 0.29) is 0 Å². The zero-order chi connectivity index (χ0) is 12.3. The van der Waals surface area contributed by atoms with E-state index >= 15 is 0 Å². The number of benzene rings is 1. The van der Waals surface area contributed by atoms with Crippen LogP contribution in [-0.2, 0) is 0 Å². The van der Waals surface area contributed by atoms with E-state index < -0.39 is 0 Å². The van der Waals surface area contributed by atoms with Gasteiger partial charge in [-0.1, -0.05) is 12.5 Å². The van der Waals surface area contributed by atoms with Crippen molar-refractivity contribution >= 4 is 0 Å². The molecule has 3 nitrogen and oxygen atoms in total. The van der Waals surface area contributed by atoms with Crippen LogP contribution < -0.4 is 14.8 Å². The number of rotatable bonds is 3. The van der Waals surface area contributed by atoms with Gasteiger partial charge in [0, 0.05) is 23.7 Å². The van der Waals surface area contributed by atoms with Crippen LogP contribution in [-0.4, -0.2) is 20.3 Å². The Hall–Kier alpha value is -1.22. The average molecular weight is 235 g/mol. The van der Waals surface area contributed by atoms with Gasteiger partial charge >= 0.3 is 0 Å². The highest BCUT2D eigenvalue weighted by atomic mass is 16.5. The molecule has 1 heterocycles. The second-order valence-corrected chi connectivity index (χ2v) is 4.66. The molecule has 1 aliphatic rings. The van der Waals surface area contributed by atoms with E-state index in [1.54, 1.807) is 14.2 Å². The van der Waals surface area contributed by atoms with Gasteiger partial charge in [0.1, 0.15) is 11.5 Å². The van der Waals surface area contributed by atoms with E-state index in [1.807, 2.05) is 12.1 Å². The molecule has 0 bridgehead atoms. The van der Waals surface area contributed by atoms with Crippen LogP contribution in [0, 0.1) is 0 Å². The Morgan fingerprint density at radius 3 is 2.65 bits per heavy atom. The van der Waals surface area contributed by atoms with E-state index in [0.29, 0.717) is 12.1 Å². The first-order valence-corrected chi connectivity index (χ1v) is 6.22. The van der Waals surface area contributed by atoms with Crippen molar-refractivity contribution in [1.82, 2.24) is 5.32 Å². The summed E-state index contributed by atoms with van der Waals surface area (Å²) >= 11 is 0. The third kappa shape index (κ3) is 2.72. The topological polar surface area (TPSA) is 30.5 Å².